The standard InChI is InChI=1S/C22H20N4O2S2/c1-15-13-30-22(25-15)26-21-20(28-16-7-4-3-5-8-16)11-17(12-24-21)29-14-18-19(27-2)9-6-10-23-18/h3-13H,14H2,1-2H3,(H,24,25,26). The van der Waals surface area contributed by atoms with E-state index in [1.165, 1.54) is 11.3 Å². The minimum atomic E-state index is 0.618. The highest BCUT2D eigenvalue weighted by Gasteiger charge is 2.12. The monoisotopic (exact) mass is 436 g/mol. The van der Waals surface area contributed by atoms with Gasteiger partial charge in [-0.25, -0.2) is 9.97 Å². The summed E-state index contributed by atoms with van der Waals surface area (Å²) in [5.41, 5.74) is 1.85. The molecule has 0 saturated carbocycles. The van der Waals surface area contributed by atoms with Gasteiger partial charge in [-0.3, -0.25) is 4.98 Å². The third-order valence-electron chi connectivity index (χ3n) is 4.09. The molecule has 0 saturated heterocycles. The molecule has 0 atom stereocenters. The lowest BCUT2D eigenvalue weighted by Crippen LogP contribution is -1.98. The summed E-state index contributed by atoms with van der Waals surface area (Å²) in [7, 11) is 1.65. The number of thioether (sulfide) groups is 1. The van der Waals surface area contributed by atoms with E-state index in [1.54, 1.807) is 25.1 Å². The molecule has 0 aliphatic carbocycles. The highest BCUT2D eigenvalue weighted by molar-refractivity contribution is 7.98. The Kier molecular flexibility index (Phi) is 6.46. The summed E-state index contributed by atoms with van der Waals surface area (Å²) in [6.45, 7) is 1.96. The third kappa shape index (κ3) is 5.08. The van der Waals surface area contributed by atoms with Crippen LogP contribution in [0.4, 0.5) is 10.9 Å². The number of para-hydroxylation sites is 1. The number of hydrogen-bond acceptors (Lipinski definition) is 8. The lowest BCUT2D eigenvalue weighted by molar-refractivity contribution is 0.409. The Morgan fingerprint density at radius 2 is 1.93 bits per heavy atom. The van der Waals surface area contributed by atoms with Crippen molar-refractivity contribution in [1.82, 2.24) is 15.0 Å². The summed E-state index contributed by atoms with van der Waals surface area (Å²) in [5, 5.41) is 6.03. The smallest absolute Gasteiger partial charge is 0.188 e. The molecule has 0 unspecified atom stereocenters. The molecule has 0 spiro atoms. The summed E-state index contributed by atoms with van der Waals surface area (Å²) in [4.78, 5) is 14.4. The summed E-state index contributed by atoms with van der Waals surface area (Å²) in [5.74, 6) is 3.43. The fourth-order valence-electron chi connectivity index (χ4n) is 2.67. The number of methoxy groups -OCH3 is 1. The second-order valence-corrected chi connectivity index (χ2v) is 8.20. The summed E-state index contributed by atoms with van der Waals surface area (Å²) >= 11 is 3.15. The van der Waals surface area contributed by atoms with Crippen LogP contribution in [0.3, 0.4) is 0 Å². The van der Waals surface area contributed by atoms with Crippen LogP contribution in [0.25, 0.3) is 0 Å². The zero-order valence-corrected chi connectivity index (χ0v) is 18.2. The highest BCUT2D eigenvalue weighted by atomic mass is 32.2. The van der Waals surface area contributed by atoms with Gasteiger partial charge in [0.1, 0.15) is 11.5 Å². The fourth-order valence-corrected chi connectivity index (χ4v) is 4.20. The Balaban J connectivity index is 1.58. The second-order valence-electron chi connectivity index (χ2n) is 6.29. The molecule has 0 radical (unpaired) electrons. The molecule has 0 bridgehead atoms. The van der Waals surface area contributed by atoms with E-state index in [0.29, 0.717) is 17.3 Å². The summed E-state index contributed by atoms with van der Waals surface area (Å²) in [6.07, 6.45) is 3.59. The molecule has 152 valence electrons. The Hall–Kier alpha value is -3.10. The first-order valence-corrected chi connectivity index (χ1v) is 11.1. The molecule has 3 aromatic heterocycles. The molecule has 0 aliphatic heterocycles. The molecule has 0 fully saturated rings. The van der Waals surface area contributed by atoms with Crippen molar-refractivity contribution in [3.63, 3.8) is 0 Å². The van der Waals surface area contributed by atoms with Gasteiger partial charge in [-0.05, 0) is 37.3 Å². The Bertz CT molecular complexity index is 1120. The molecule has 6 nitrogen and oxygen atoms in total. The van der Waals surface area contributed by atoms with E-state index in [-0.39, 0.29) is 0 Å². The van der Waals surface area contributed by atoms with Crippen molar-refractivity contribution in [2.45, 2.75) is 17.6 Å². The van der Waals surface area contributed by atoms with Crippen LogP contribution in [-0.2, 0) is 5.75 Å². The maximum atomic E-state index is 6.12. The number of nitrogens with one attached hydrogen (secondary N) is 1. The molecule has 8 heteroatoms. The van der Waals surface area contributed by atoms with Crippen molar-refractivity contribution in [3.05, 3.63) is 77.7 Å². The van der Waals surface area contributed by atoms with Crippen molar-refractivity contribution in [2.24, 2.45) is 0 Å². The summed E-state index contributed by atoms with van der Waals surface area (Å²) in [6, 6.07) is 15.4. The van der Waals surface area contributed by atoms with Crippen molar-refractivity contribution in [3.8, 4) is 17.2 Å². The molecule has 1 aromatic carbocycles. The van der Waals surface area contributed by atoms with Gasteiger partial charge in [0.2, 0.25) is 0 Å². The molecular weight excluding hydrogens is 416 g/mol. The number of nitrogens with zero attached hydrogens (tertiary/aromatic N) is 3. The van der Waals surface area contributed by atoms with Gasteiger partial charge >= 0.3 is 0 Å². The Morgan fingerprint density at radius 3 is 2.70 bits per heavy atom. The largest absolute Gasteiger partial charge is 0.495 e. The van der Waals surface area contributed by atoms with Gasteiger partial charge < -0.3 is 14.8 Å². The number of anilines is 2. The first-order valence-electron chi connectivity index (χ1n) is 9.24. The topological polar surface area (TPSA) is 69.2 Å². The van der Waals surface area contributed by atoms with E-state index in [1.807, 2.05) is 67.0 Å². The van der Waals surface area contributed by atoms with Crippen LogP contribution in [0.5, 0.6) is 17.2 Å². The van der Waals surface area contributed by atoms with Crippen molar-refractivity contribution >= 4 is 34.0 Å². The van der Waals surface area contributed by atoms with E-state index < -0.39 is 0 Å². The number of benzene rings is 1. The van der Waals surface area contributed by atoms with E-state index in [2.05, 4.69) is 20.3 Å². The van der Waals surface area contributed by atoms with Crippen LogP contribution in [0, 0.1) is 6.92 Å². The molecule has 30 heavy (non-hydrogen) atoms. The van der Waals surface area contributed by atoms with Crippen LogP contribution in [0.1, 0.15) is 11.4 Å². The van der Waals surface area contributed by atoms with E-state index in [9.17, 15) is 0 Å². The number of ether oxygens (including phenoxy) is 2. The number of aryl methyl sites for hydroxylation is 1. The van der Waals surface area contributed by atoms with Gasteiger partial charge in [0.25, 0.3) is 0 Å². The van der Waals surface area contributed by atoms with E-state index >= 15 is 0 Å². The molecule has 1 N–H and O–H groups in total. The molecule has 0 aliphatic rings. The number of hydrogen-bond donors (Lipinski definition) is 1. The van der Waals surface area contributed by atoms with Gasteiger partial charge in [0, 0.05) is 28.4 Å². The Labute approximate surface area is 183 Å². The quantitative estimate of drug-likeness (QED) is 0.336. The maximum absolute atomic E-state index is 6.12. The third-order valence-corrected chi connectivity index (χ3v) is 5.94. The van der Waals surface area contributed by atoms with Gasteiger partial charge in [-0.15, -0.1) is 23.1 Å². The molecule has 0 amide bonds. The lowest BCUT2D eigenvalue weighted by atomic mass is 10.3. The van der Waals surface area contributed by atoms with Crippen LogP contribution >= 0.6 is 23.1 Å². The second kappa shape index (κ2) is 9.60. The predicted octanol–water partition coefficient (Wildman–Crippen LogP) is 6.08. The van der Waals surface area contributed by atoms with Crippen LogP contribution in [0.2, 0.25) is 0 Å². The van der Waals surface area contributed by atoms with Crippen LogP contribution < -0.4 is 14.8 Å². The number of rotatable bonds is 8. The minimum Gasteiger partial charge on any atom is -0.495 e. The van der Waals surface area contributed by atoms with E-state index in [0.717, 1.165) is 32.9 Å². The number of aromatic nitrogens is 3. The molecule has 3 heterocycles. The average Bonchev–Trinajstić information content (AvgIpc) is 3.19. The van der Waals surface area contributed by atoms with Gasteiger partial charge in [-0.1, -0.05) is 18.2 Å². The molecular formula is C22H20N4O2S2. The van der Waals surface area contributed by atoms with Crippen molar-refractivity contribution in [1.29, 1.82) is 0 Å². The molecule has 4 aromatic rings. The fraction of sp³-hybridized carbons (Fsp3) is 0.136. The minimum absolute atomic E-state index is 0.618. The predicted molar refractivity (Wildman–Crippen MR) is 121 cm³/mol. The first kappa shape index (κ1) is 20.2. The average molecular weight is 437 g/mol. The lowest BCUT2D eigenvalue weighted by Gasteiger charge is -2.13. The van der Waals surface area contributed by atoms with Gasteiger partial charge in [-0.2, -0.15) is 0 Å². The van der Waals surface area contributed by atoms with Crippen molar-refractivity contribution in [2.75, 3.05) is 12.4 Å². The van der Waals surface area contributed by atoms with Crippen LogP contribution in [-0.4, -0.2) is 22.1 Å². The first-order chi connectivity index (χ1) is 14.7. The zero-order chi connectivity index (χ0) is 20.8. The van der Waals surface area contributed by atoms with Crippen molar-refractivity contribution < 1.29 is 9.47 Å². The SMILES string of the molecule is COc1cccnc1CSc1cnc(Nc2nc(C)cs2)c(Oc2ccccc2)c1. The van der Waals surface area contributed by atoms with Crippen LogP contribution in [0.15, 0.2) is 71.2 Å². The summed E-state index contributed by atoms with van der Waals surface area (Å²) < 4.78 is 11.5. The van der Waals surface area contributed by atoms with E-state index in [4.69, 9.17) is 9.47 Å². The number of pyridine rings is 2. The Morgan fingerprint density at radius 1 is 1.07 bits per heavy atom. The maximum Gasteiger partial charge on any atom is 0.188 e. The highest BCUT2D eigenvalue weighted by Crippen LogP contribution is 2.35. The van der Waals surface area contributed by atoms with Gasteiger partial charge in [0.15, 0.2) is 16.7 Å². The number of thiazole rings is 1. The van der Waals surface area contributed by atoms with Gasteiger partial charge in [0.05, 0.1) is 18.5 Å². The zero-order valence-electron chi connectivity index (χ0n) is 16.5. The normalized spacial score (nSPS) is 10.6. The molecule has 4 rings (SSSR count).